The third kappa shape index (κ3) is 6.14. The Hall–Kier alpha value is -3.08. The fourth-order valence-corrected chi connectivity index (χ4v) is 4.48. The van der Waals surface area contributed by atoms with E-state index >= 15 is 0 Å². The van der Waals surface area contributed by atoms with E-state index in [1.165, 1.54) is 24.3 Å². The lowest BCUT2D eigenvalue weighted by atomic mass is 9.97. The van der Waals surface area contributed by atoms with Gasteiger partial charge in [0.25, 0.3) is 5.91 Å². The number of halogens is 3. The van der Waals surface area contributed by atoms with Crippen LogP contribution >= 0.6 is 0 Å². The fraction of sp³-hybridized carbons (Fsp3) is 0.391. The van der Waals surface area contributed by atoms with Gasteiger partial charge >= 0.3 is 21.7 Å². The van der Waals surface area contributed by atoms with E-state index < -0.39 is 64.6 Å². The summed E-state index contributed by atoms with van der Waals surface area (Å²) in [6.07, 6.45) is -10.9. The van der Waals surface area contributed by atoms with E-state index in [-0.39, 0.29) is 12.2 Å². The largest absolute Gasteiger partial charge is 0.523 e. The summed E-state index contributed by atoms with van der Waals surface area (Å²) in [5.41, 5.74) is -5.25. The van der Waals surface area contributed by atoms with E-state index in [0.717, 1.165) is 7.11 Å². The Morgan fingerprint density at radius 2 is 1.61 bits per heavy atom. The molecule has 2 amide bonds. The molecule has 1 N–H and O–H groups in total. The monoisotopic (exact) mass is 561 g/mol. The van der Waals surface area contributed by atoms with E-state index in [1.54, 1.807) is 36.4 Å². The fourth-order valence-electron chi connectivity index (χ4n) is 3.86. The number of carbonyl (C=O) groups is 2. The minimum atomic E-state index is -6.21. The zero-order valence-electron chi connectivity index (χ0n) is 19.6. The van der Waals surface area contributed by atoms with Gasteiger partial charge in [0.15, 0.2) is 18.7 Å². The molecule has 0 aromatic heterocycles. The van der Waals surface area contributed by atoms with Crippen LogP contribution in [0.4, 0.5) is 18.0 Å². The van der Waals surface area contributed by atoms with Crippen LogP contribution in [0.1, 0.15) is 22.2 Å². The average molecular weight is 561 g/mol. The number of alkyl carbamates (subject to hydrolysis) is 1. The number of alkyl halides is 3. The third-order valence-electron chi connectivity index (χ3n) is 5.60. The summed E-state index contributed by atoms with van der Waals surface area (Å²) >= 11 is 0. The predicted octanol–water partition coefficient (Wildman–Crippen LogP) is 2.64. The number of hydrogen-bond acceptors (Lipinski definition) is 10. The maximum atomic E-state index is 13.3. The van der Waals surface area contributed by atoms with Crippen LogP contribution in [-0.2, 0) is 38.0 Å². The van der Waals surface area contributed by atoms with Crippen LogP contribution in [0.3, 0.4) is 0 Å². The maximum Gasteiger partial charge on any atom is 0.523 e. The molecule has 206 valence electrons. The Bertz CT molecular complexity index is 1230. The van der Waals surface area contributed by atoms with Crippen molar-refractivity contribution in [2.45, 2.75) is 42.5 Å². The van der Waals surface area contributed by atoms with Crippen LogP contribution in [-0.4, -0.2) is 70.3 Å². The van der Waals surface area contributed by atoms with Crippen molar-refractivity contribution < 1.29 is 59.0 Å². The number of nitrogens with one attached hydrogen (secondary N) is 1. The first-order valence-corrected chi connectivity index (χ1v) is 12.5. The molecule has 2 aliphatic heterocycles. The molecule has 2 fully saturated rings. The molecule has 1 unspecified atom stereocenters. The molecule has 38 heavy (non-hydrogen) atoms. The van der Waals surface area contributed by atoms with Crippen molar-refractivity contribution in [2.75, 3.05) is 13.7 Å². The molecule has 2 aliphatic rings. The number of amides is 2. The lowest BCUT2D eigenvalue weighted by Crippen LogP contribution is -2.64. The van der Waals surface area contributed by atoms with Gasteiger partial charge in [0.05, 0.1) is 6.61 Å². The summed E-state index contributed by atoms with van der Waals surface area (Å²) in [6, 6.07) is 15.8. The second-order valence-corrected chi connectivity index (χ2v) is 9.67. The number of carbonyl (C=O) groups excluding carboxylic acids is 2. The number of ether oxygens (including phenoxy) is 5. The first kappa shape index (κ1) is 27.9. The first-order chi connectivity index (χ1) is 18.0. The Morgan fingerprint density at radius 3 is 2.21 bits per heavy atom. The van der Waals surface area contributed by atoms with Crippen molar-refractivity contribution in [2.24, 2.45) is 0 Å². The normalized spacial score (nSPS) is 27.7. The summed E-state index contributed by atoms with van der Waals surface area (Å²) in [5, 5.41) is 1.90. The molecule has 11 nitrogen and oxygen atoms in total. The van der Waals surface area contributed by atoms with Crippen molar-refractivity contribution in [3.05, 3.63) is 71.8 Å². The van der Waals surface area contributed by atoms with Gasteiger partial charge in [-0.15, -0.1) is 0 Å². The van der Waals surface area contributed by atoms with Gasteiger partial charge in [-0.1, -0.05) is 48.5 Å². The number of rotatable bonds is 6. The molecule has 2 saturated heterocycles. The highest BCUT2D eigenvalue weighted by molar-refractivity contribution is 7.87. The second kappa shape index (κ2) is 11.3. The zero-order chi connectivity index (χ0) is 27.5. The van der Waals surface area contributed by atoms with E-state index in [2.05, 4.69) is 4.18 Å². The number of fused-ring (bicyclic) bond motifs is 1. The molecule has 2 heterocycles. The van der Waals surface area contributed by atoms with Crippen LogP contribution in [0.5, 0.6) is 0 Å². The first-order valence-electron chi connectivity index (χ1n) is 11.1. The van der Waals surface area contributed by atoms with Crippen molar-refractivity contribution >= 4 is 22.1 Å². The van der Waals surface area contributed by atoms with E-state index in [1.807, 2.05) is 5.32 Å². The Labute approximate surface area is 214 Å². The minimum absolute atomic E-state index is 0.0821. The van der Waals surface area contributed by atoms with Crippen molar-refractivity contribution in [1.82, 2.24) is 5.32 Å². The van der Waals surface area contributed by atoms with Crippen molar-refractivity contribution in [3.63, 3.8) is 0 Å². The standard InChI is InChI=1S/C23H22F3NO10S/c1-32-21-18(36-22(29)27-19(28)13-8-4-2-5-9-13)17(37-38(30,31)23(24,25)26)16-15(34-21)12-33-20(35-16)14-10-6-3-7-11-14/h2-11,15-18,20-21H,12H2,1H3,(H,27,28,29)/t15-,16+,17+,18-,20?,21-/m1/s1. The van der Waals surface area contributed by atoms with Gasteiger partial charge in [-0.05, 0) is 12.1 Å². The van der Waals surface area contributed by atoms with Crippen LogP contribution in [0.2, 0.25) is 0 Å². The molecule has 6 atom stereocenters. The van der Waals surface area contributed by atoms with Gasteiger partial charge in [0.1, 0.15) is 18.3 Å². The molecule has 15 heteroatoms. The summed E-state index contributed by atoms with van der Waals surface area (Å²) < 4.78 is 95.7. The molecule has 4 rings (SSSR count). The van der Waals surface area contributed by atoms with Crippen molar-refractivity contribution in [3.8, 4) is 0 Å². The van der Waals surface area contributed by atoms with Gasteiger partial charge in [-0.3, -0.25) is 14.3 Å². The van der Waals surface area contributed by atoms with Crippen molar-refractivity contribution in [1.29, 1.82) is 0 Å². The molecule has 0 saturated carbocycles. The second-order valence-electron chi connectivity index (χ2n) is 8.11. The Kier molecular flexibility index (Phi) is 8.34. The molecule has 0 radical (unpaired) electrons. The maximum absolute atomic E-state index is 13.3. The van der Waals surface area contributed by atoms with Gasteiger partial charge in [0.2, 0.25) is 0 Å². The molecule has 2 aromatic carbocycles. The van der Waals surface area contributed by atoms with Gasteiger partial charge < -0.3 is 23.7 Å². The highest BCUT2D eigenvalue weighted by atomic mass is 32.2. The van der Waals surface area contributed by atoms with E-state index in [4.69, 9.17) is 23.7 Å². The van der Waals surface area contributed by atoms with Gasteiger partial charge in [-0.2, -0.15) is 21.6 Å². The molecule has 0 aliphatic carbocycles. The zero-order valence-corrected chi connectivity index (χ0v) is 20.4. The van der Waals surface area contributed by atoms with Crippen LogP contribution in [0, 0.1) is 0 Å². The molecule has 2 aromatic rings. The van der Waals surface area contributed by atoms with Crippen LogP contribution in [0.25, 0.3) is 0 Å². The summed E-state index contributed by atoms with van der Waals surface area (Å²) in [4.78, 5) is 24.9. The molecule has 0 spiro atoms. The third-order valence-corrected chi connectivity index (χ3v) is 6.65. The van der Waals surface area contributed by atoms with E-state index in [9.17, 15) is 31.2 Å². The van der Waals surface area contributed by atoms with Gasteiger partial charge in [0, 0.05) is 18.2 Å². The Balaban J connectivity index is 1.62. The van der Waals surface area contributed by atoms with E-state index in [0.29, 0.717) is 5.56 Å². The number of methoxy groups -OCH3 is 1. The highest BCUT2D eigenvalue weighted by Crippen LogP contribution is 2.38. The number of hydrogen-bond donors (Lipinski definition) is 1. The Morgan fingerprint density at radius 1 is 0.974 bits per heavy atom. The molecular formula is C23H22F3NO10S. The average Bonchev–Trinajstić information content (AvgIpc) is 2.89. The lowest BCUT2D eigenvalue weighted by Gasteiger charge is -2.47. The predicted molar refractivity (Wildman–Crippen MR) is 120 cm³/mol. The summed E-state index contributed by atoms with van der Waals surface area (Å²) in [6.45, 7) is -0.249. The van der Waals surface area contributed by atoms with Crippen LogP contribution in [0.15, 0.2) is 60.7 Å². The topological polar surface area (TPSA) is 136 Å². The minimum Gasteiger partial charge on any atom is -0.438 e. The quantitative estimate of drug-likeness (QED) is 0.414. The number of imide groups is 1. The van der Waals surface area contributed by atoms with Gasteiger partial charge in [-0.25, -0.2) is 4.79 Å². The number of benzene rings is 2. The lowest BCUT2D eigenvalue weighted by molar-refractivity contribution is -0.354. The summed E-state index contributed by atoms with van der Waals surface area (Å²) in [5.74, 6) is -0.883. The summed E-state index contributed by atoms with van der Waals surface area (Å²) in [7, 11) is -5.12. The smallest absolute Gasteiger partial charge is 0.438 e. The van der Waals surface area contributed by atoms with Crippen LogP contribution < -0.4 is 5.32 Å². The SMILES string of the molecule is CO[C@@H]1O[C@@H]2COC(c3ccccc3)O[C@@H]2[C@H](OS(=O)(=O)C(F)(F)F)[C@H]1OC(=O)NC(=O)c1ccccc1. The highest BCUT2D eigenvalue weighted by Gasteiger charge is 2.58. The molecule has 0 bridgehead atoms. The molecular weight excluding hydrogens is 539 g/mol.